The van der Waals surface area contributed by atoms with Gasteiger partial charge in [-0.1, -0.05) is 62.2 Å². The Kier molecular flexibility index (Phi) is 6.33. The number of aromatic nitrogens is 1. The molecule has 3 heteroatoms. The summed E-state index contributed by atoms with van der Waals surface area (Å²) in [5.74, 6) is 0.0664. The number of unbranched alkanes of at least 4 members (excludes halogenated alkanes) is 1. The first-order valence-electron chi connectivity index (χ1n) is 10.0. The zero-order chi connectivity index (χ0) is 19.2. The van der Waals surface area contributed by atoms with Gasteiger partial charge in [0.15, 0.2) is 0 Å². The van der Waals surface area contributed by atoms with Gasteiger partial charge >= 0.3 is 0 Å². The van der Waals surface area contributed by atoms with Crippen molar-refractivity contribution < 1.29 is 4.79 Å². The first-order chi connectivity index (χ1) is 13.1. The molecule has 3 aromatic rings. The van der Waals surface area contributed by atoms with Crippen LogP contribution in [0, 0.1) is 6.92 Å². The highest BCUT2D eigenvalue weighted by Crippen LogP contribution is 2.29. The molecule has 0 aliphatic carbocycles. The lowest BCUT2D eigenvalue weighted by Gasteiger charge is -2.12. The molecule has 3 nitrogen and oxygen atoms in total. The summed E-state index contributed by atoms with van der Waals surface area (Å²) >= 11 is 0. The number of nitrogens with zero attached hydrogens (tertiary/aromatic N) is 1. The van der Waals surface area contributed by atoms with Crippen molar-refractivity contribution in [1.82, 2.24) is 9.88 Å². The van der Waals surface area contributed by atoms with Gasteiger partial charge in [-0.25, -0.2) is 0 Å². The van der Waals surface area contributed by atoms with Crippen LogP contribution in [-0.2, 0) is 30.7 Å². The van der Waals surface area contributed by atoms with E-state index in [1.165, 1.54) is 27.7 Å². The third-order valence-electron chi connectivity index (χ3n) is 5.20. The monoisotopic (exact) mass is 362 g/mol. The van der Waals surface area contributed by atoms with Crippen LogP contribution in [0.3, 0.4) is 0 Å². The van der Waals surface area contributed by atoms with Crippen molar-refractivity contribution in [2.24, 2.45) is 0 Å². The van der Waals surface area contributed by atoms with Crippen molar-refractivity contribution in [1.29, 1.82) is 0 Å². The van der Waals surface area contributed by atoms with E-state index in [9.17, 15) is 4.79 Å². The van der Waals surface area contributed by atoms with Crippen molar-refractivity contribution in [3.63, 3.8) is 0 Å². The van der Waals surface area contributed by atoms with Crippen LogP contribution in [0.1, 0.15) is 49.1 Å². The van der Waals surface area contributed by atoms with Crippen molar-refractivity contribution in [2.75, 3.05) is 0 Å². The molecule has 0 bridgehead atoms. The lowest BCUT2D eigenvalue weighted by Crippen LogP contribution is -2.27. The number of hydrogen-bond donors (Lipinski definition) is 1. The smallest absolute Gasteiger partial charge is 0.240 e. The second-order valence-electron chi connectivity index (χ2n) is 7.25. The Labute approximate surface area is 162 Å². The van der Waals surface area contributed by atoms with Crippen molar-refractivity contribution >= 4 is 16.8 Å². The molecule has 0 atom stereocenters. The van der Waals surface area contributed by atoms with Gasteiger partial charge in [-0.05, 0) is 49.4 Å². The largest absolute Gasteiger partial charge is 0.350 e. The lowest BCUT2D eigenvalue weighted by molar-refractivity contribution is -0.121. The molecular weight excluding hydrogens is 332 g/mol. The Morgan fingerprint density at radius 1 is 1.07 bits per heavy atom. The second kappa shape index (κ2) is 8.90. The number of fused-ring (bicyclic) bond motifs is 1. The second-order valence-corrected chi connectivity index (χ2v) is 7.25. The average molecular weight is 363 g/mol. The summed E-state index contributed by atoms with van der Waals surface area (Å²) in [7, 11) is 0. The van der Waals surface area contributed by atoms with Gasteiger partial charge in [0.1, 0.15) is 6.54 Å². The van der Waals surface area contributed by atoms with Crippen LogP contribution in [0.2, 0.25) is 0 Å². The fourth-order valence-corrected chi connectivity index (χ4v) is 3.79. The molecule has 2 aromatic carbocycles. The van der Waals surface area contributed by atoms with Gasteiger partial charge in [-0.3, -0.25) is 4.79 Å². The summed E-state index contributed by atoms with van der Waals surface area (Å²) in [6, 6.07) is 16.6. The Morgan fingerprint density at radius 2 is 1.85 bits per heavy atom. The maximum Gasteiger partial charge on any atom is 0.240 e. The molecule has 0 unspecified atom stereocenters. The zero-order valence-corrected chi connectivity index (χ0v) is 16.7. The molecule has 0 aliphatic heterocycles. The van der Waals surface area contributed by atoms with Crippen LogP contribution in [-0.4, -0.2) is 10.5 Å². The first-order valence-corrected chi connectivity index (χ1v) is 10.0. The molecule has 0 aliphatic rings. The maximum absolute atomic E-state index is 12.7. The van der Waals surface area contributed by atoms with Crippen LogP contribution in [0.25, 0.3) is 10.9 Å². The predicted octanol–water partition coefficient (Wildman–Crippen LogP) is 5.17. The minimum atomic E-state index is 0.0664. The summed E-state index contributed by atoms with van der Waals surface area (Å²) in [6.07, 6.45) is 4.33. The van der Waals surface area contributed by atoms with Crippen molar-refractivity contribution in [3.8, 4) is 0 Å². The number of hydrogen-bond acceptors (Lipinski definition) is 1. The predicted molar refractivity (Wildman–Crippen MR) is 113 cm³/mol. The summed E-state index contributed by atoms with van der Waals surface area (Å²) in [5, 5.41) is 4.38. The molecule has 0 radical (unpaired) electrons. The topological polar surface area (TPSA) is 34.0 Å². The van der Waals surface area contributed by atoms with E-state index in [1.807, 2.05) is 30.3 Å². The van der Waals surface area contributed by atoms with Crippen LogP contribution < -0.4 is 5.32 Å². The van der Waals surface area contributed by atoms with Gasteiger partial charge in [0.25, 0.3) is 0 Å². The van der Waals surface area contributed by atoms with E-state index in [0.29, 0.717) is 13.1 Å². The minimum absolute atomic E-state index is 0.0664. The Bertz CT molecular complexity index is 909. The molecule has 142 valence electrons. The summed E-state index contributed by atoms with van der Waals surface area (Å²) < 4.78 is 2.24. The SMILES string of the molecule is CCCCc1c(CC)c2cc(C)ccc2n1CC(=O)NCc1ccccc1. The highest BCUT2D eigenvalue weighted by atomic mass is 16.1. The summed E-state index contributed by atoms with van der Waals surface area (Å²) in [6.45, 7) is 7.52. The molecule has 27 heavy (non-hydrogen) atoms. The number of carbonyl (C=O) groups excluding carboxylic acids is 1. The van der Waals surface area contributed by atoms with Crippen LogP contribution in [0.4, 0.5) is 0 Å². The number of benzene rings is 2. The number of aryl methyl sites for hydroxylation is 2. The standard InChI is InChI=1S/C24H30N2O/c1-4-6-12-22-20(5-2)21-15-18(3)13-14-23(21)26(22)17-24(27)25-16-19-10-8-7-9-11-19/h7-11,13-15H,4-6,12,16-17H2,1-3H3,(H,25,27). The molecule has 0 saturated carbocycles. The minimum Gasteiger partial charge on any atom is -0.350 e. The van der Waals surface area contributed by atoms with Gasteiger partial charge < -0.3 is 9.88 Å². The molecule has 1 aromatic heterocycles. The maximum atomic E-state index is 12.7. The quantitative estimate of drug-likeness (QED) is 0.589. The van der Waals surface area contributed by atoms with Crippen LogP contribution >= 0.6 is 0 Å². The zero-order valence-electron chi connectivity index (χ0n) is 16.7. The molecule has 0 saturated heterocycles. The van der Waals surface area contributed by atoms with Gasteiger partial charge in [-0.15, -0.1) is 0 Å². The highest BCUT2D eigenvalue weighted by molar-refractivity contribution is 5.88. The fraction of sp³-hybridized carbons (Fsp3) is 0.375. The number of rotatable bonds is 8. The normalized spacial score (nSPS) is 11.1. The van der Waals surface area contributed by atoms with E-state index in [1.54, 1.807) is 0 Å². The Morgan fingerprint density at radius 3 is 2.56 bits per heavy atom. The Balaban J connectivity index is 1.88. The average Bonchev–Trinajstić information content (AvgIpc) is 2.97. The molecular formula is C24H30N2O. The molecule has 1 heterocycles. The van der Waals surface area contributed by atoms with Gasteiger partial charge in [0.05, 0.1) is 0 Å². The van der Waals surface area contributed by atoms with Gasteiger partial charge in [0.2, 0.25) is 5.91 Å². The van der Waals surface area contributed by atoms with Gasteiger partial charge in [-0.2, -0.15) is 0 Å². The van der Waals surface area contributed by atoms with E-state index in [4.69, 9.17) is 0 Å². The number of nitrogens with one attached hydrogen (secondary N) is 1. The third-order valence-corrected chi connectivity index (χ3v) is 5.20. The van der Waals surface area contributed by atoms with Crippen LogP contribution in [0.15, 0.2) is 48.5 Å². The first kappa shape index (κ1) is 19.2. The molecule has 3 rings (SSSR count). The Hall–Kier alpha value is -2.55. The lowest BCUT2D eigenvalue weighted by atomic mass is 10.0. The summed E-state index contributed by atoms with van der Waals surface area (Å²) in [4.78, 5) is 12.7. The van der Waals surface area contributed by atoms with Crippen molar-refractivity contribution in [3.05, 3.63) is 70.9 Å². The molecule has 0 spiro atoms. The number of amides is 1. The van der Waals surface area contributed by atoms with E-state index in [-0.39, 0.29) is 5.91 Å². The van der Waals surface area contributed by atoms with E-state index in [0.717, 1.165) is 31.2 Å². The molecule has 0 fully saturated rings. The molecule has 1 N–H and O–H groups in total. The van der Waals surface area contributed by atoms with E-state index < -0.39 is 0 Å². The van der Waals surface area contributed by atoms with Crippen LogP contribution in [0.5, 0.6) is 0 Å². The fourth-order valence-electron chi connectivity index (χ4n) is 3.79. The van der Waals surface area contributed by atoms with E-state index in [2.05, 4.69) is 48.9 Å². The van der Waals surface area contributed by atoms with Gasteiger partial charge in [0, 0.05) is 23.1 Å². The number of carbonyl (C=O) groups is 1. The van der Waals surface area contributed by atoms with E-state index >= 15 is 0 Å². The summed E-state index contributed by atoms with van der Waals surface area (Å²) in [5.41, 5.74) is 6.30. The third kappa shape index (κ3) is 4.41. The highest BCUT2D eigenvalue weighted by Gasteiger charge is 2.17. The molecule has 1 amide bonds. The van der Waals surface area contributed by atoms with Crippen molar-refractivity contribution in [2.45, 2.75) is 59.5 Å².